The number of hydrogen-bond acceptors (Lipinski definition) is 5. The summed E-state index contributed by atoms with van der Waals surface area (Å²) in [4.78, 5) is 13.3. The molecular weight excluding hydrogens is 428 g/mol. The van der Waals surface area contributed by atoms with E-state index < -0.39 is 10.0 Å². The highest BCUT2D eigenvalue weighted by Crippen LogP contribution is 2.30. The Bertz CT molecular complexity index is 1060. The first-order valence-electron chi connectivity index (χ1n) is 10.9. The fraction of sp³-hybridized carbons (Fsp3) is 0.458. The molecule has 0 spiro atoms. The molecule has 0 saturated carbocycles. The fourth-order valence-electron chi connectivity index (χ4n) is 3.97. The summed E-state index contributed by atoms with van der Waals surface area (Å²) < 4.78 is 38.6. The minimum absolute atomic E-state index is 0.154. The van der Waals surface area contributed by atoms with E-state index in [4.69, 9.17) is 9.47 Å². The lowest BCUT2D eigenvalue weighted by molar-refractivity contribution is 0.0938. The van der Waals surface area contributed by atoms with Crippen LogP contribution in [0.25, 0.3) is 0 Å². The van der Waals surface area contributed by atoms with E-state index in [1.54, 1.807) is 45.4 Å². The molecule has 8 heteroatoms. The van der Waals surface area contributed by atoms with Crippen molar-refractivity contribution in [2.45, 2.75) is 50.5 Å². The SMILES string of the molecule is COc1ccc(OC)c([C@@H](C)NC(=O)c2cc(S(=O)(=O)N3CCCCCC3)ccc2C)c1. The maximum atomic E-state index is 13.2. The number of amides is 1. The van der Waals surface area contributed by atoms with Gasteiger partial charge in [-0.1, -0.05) is 18.9 Å². The molecule has 7 nitrogen and oxygen atoms in total. The van der Waals surface area contributed by atoms with Crippen LogP contribution >= 0.6 is 0 Å². The number of rotatable bonds is 7. The van der Waals surface area contributed by atoms with E-state index in [2.05, 4.69) is 5.32 Å². The maximum absolute atomic E-state index is 13.2. The van der Waals surface area contributed by atoms with Gasteiger partial charge in [-0.2, -0.15) is 4.31 Å². The van der Waals surface area contributed by atoms with Crippen molar-refractivity contribution < 1.29 is 22.7 Å². The van der Waals surface area contributed by atoms with Crippen LogP contribution in [0.5, 0.6) is 11.5 Å². The van der Waals surface area contributed by atoms with Crippen LogP contribution in [0.3, 0.4) is 0 Å². The lowest BCUT2D eigenvalue weighted by Gasteiger charge is -2.21. The van der Waals surface area contributed by atoms with Gasteiger partial charge in [-0.05, 0) is 62.6 Å². The second-order valence-electron chi connectivity index (χ2n) is 8.10. The summed E-state index contributed by atoms with van der Waals surface area (Å²) in [7, 11) is -0.493. The number of sulfonamides is 1. The zero-order valence-corrected chi connectivity index (χ0v) is 20.0. The van der Waals surface area contributed by atoms with Crippen molar-refractivity contribution in [1.29, 1.82) is 0 Å². The number of nitrogens with one attached hydrogen (secondary N) is 1. The van der Waals surface area contributed by atoms with Crippen LogP contribution in [-0.2, 0) is 10.0 Å². The third-order valence-electron chi connectivity index (χ3n) is 5.91. The van der Waals surface area contributed by atoms with Crippen molar-refractivity contribution in [2.24, 2.45) is 0 Å². The number of ether oxygens (including phenoxy) is 2. The Morgan fingerprint density at radius 3 is 2.31 bits per heavy atom. The predicted molar refractivity (Wildman–Crippen MR) is 124 cm³/mol. The summed E-state index contributed by atoms with van der Waals surface area (Å²) in [6.45, 7) is 4.69. The zero-order chi connectivity index (χ0) is 23.3. The lowest BCUT2D eigenvalue weighted by Crippen LogP contribution is -2.32. The molecule has 2 aromatic carbocycles. The van der Waals surface area contributed by atoms with Gasteiger partial charge in [-0.25, -0.2) is 8.42 Å². The Kier molecular flexibility index (Phi) is 7.79. The van der Waals surface area contributed by atoms with E-state index in [1.165, 1.54) is 10.4 Å². The number of aryl methyl sites for hydroxylation is 1. The molecule has 2 aromatic rings. The van der Waals surface area contributed by atoms with Gasteiger partial charge in [0.05, 0.1) is 25.2 Å². The van der Waals surface area contributed by atoms with Gasteiger partial charge in [0.1, 0.15) is 11.5 Å². The topological polar surface area (TPSA) is 84.9 Å². The van der Waals surface area contributed by atoms with Gasteiger partial charge in [0.2, 0.25) is 10.0 Å². The van der Waals surface area contributed by atoms with Gasteiger partial charge in [-0.3, -0.25) is 4.79 Å². The number of carbonyl (C=O) groups is 1. The van der Waals surface area contributed by atoms with Gasteiger partial charge in [0.25, 0.3) is 5.91 Å². The summed E-state index contributed by atoms with van der Waals surface area (Å²) in [5.41, 5.74) is 1.82. The first kappa shape index (κ1) is 24.1. The van der Waals surface area contributed by atoms with E-state index >= 15 is 0 Å². The van der Waals surface area contributed by atoms with Crippen molar-refractivity contribution in [3.05, 3.63) is 53.1 Å². The molecule has 1 fully saturated rings. The Labute approximate surface area is 190 Å². The van der Waals surface area contributed by atoms with E-state index in [0.29, 0.717) is 35.7 Å². The number of carbonyl (C=O) groups excluding carboxylic acids is 1. The molecule has 174 valence electrons. The molecule has 1 amide bonds. The summed E-state index contributed by atoms with van der Waals surface area (Å²) in [5, 5.41) is 2.96. The summed E-state index contributed by atoms with van der Waals surface area (Å²) in [6.07, 6.45) is 3.80. The quantitative estimate of drug-likeness (QED) is 0.673. The van der Waals surface area contributed by atoms with Crippen molar-refractivity contribution in [3.8, 4) is 11.5 Å². The predicted octanol–water partition coefficient (Wildman–Crippen LogP) is 4.07. The molecular formula is C24H32N2O5S. The molecule has 0 aromatic heterocycles. The van der Waals surface area contributed by atoms with Gasteiger partial charge >= 0.3 is 0 Å². The summed E-state index contributed by atoms with van der Waals surface area (Å²) in [5.74, 6) is 0.948. The minimum Gasteiger partial charge on any atom is -0.497 e. The van der Waals surface area contributed by atoms with Gasteiger partial charge in [0.15, 0.2) is 0 Å². The van der Waals surface area contributed by atoms with Crippen LogP contribution in [-0.4, -0.2) is 45.9 Å². The molecule has 1 aliphatic rings. The molecule has 0 radical (unpaired) electrons. The third kappa shape index (κ3) is 5.24. The van der Waals surface area contributed by atoms with Crippen LogP contribution in [0.15, 0.2) is 41.3 Å². The highest BCUT2D eigenvalue weighted by atomic mass is 32.2. The number of methoxy groups -OCH3 is 2. The van der Waals surface area contributed by atoms with E-state index in [-0.39, 0.29) is 16.8 Å². The van der Waals surface area contributed by atoms with E-state index in [9.17, 15) is 13.2 Å². The fourth-order valence-corrected chi connectivity index (χ4v) is 5.51. The molecule has 1 saturated heterocycles. The molecule has 32 heavy (non-hydrogen) atoms. The number of hydrogen-bond donors (Lipinski definition) is 1. The molecule has 1 heterocycles. The van der Waals surface area contributed by atoms with Crippen molar-refractivity contribution in [3.63, 3.8) is 0 Å². The minimum atomic E-state index is -3.64. The van der Waals surface area contributed by atoms with Crippen molar-refractivity contribution in [1.82, 2.24) is 9.62 Å². The average molecular weight is 461 g/mol. The normalized spacial score (nSPS) is 16.1. The first-order valence-corrected chi connectivity index (χ1v) is 12.4. The van der Waals surface area contributed by atoms with Crippen LogP contribution in [0.1, 0.15) is 60.1 Å². The molecule has 1 atom stereocenters. The molecule has 0 aliphatic carbocycles. The summed E-state index contributed by atoms with van der Waals surface area (Å²) >= 11 is 0. The van der Waals surface area contributed by atoms with Crippen LogP contribution in [0.2, 0.25) is 0 Å². The van der Waals surface area contributed by atoms with Gasteiger partial charge in [0, 0.05) is 24.2 Å². The molecule has 1 aliphatic heterocycles. The Morgan fingerprint density at radius 1 is 1.00 bits per heavy atom. The largest absolute Gasteiger partial charge is 0.497 e. The standard InChI is InChI=1S/C24H32N2O5S/c1-17-9-11-20(32(28,29)26-13-7-5-6-8-14-26)16-21(17)24(27)25-18(2)22-15-19(30-3)10-12-23(22)31-4/h9-12,15-16,18H,5-8,13-14H2,1-4H3,(H,25,27)/t18-/m1/s1. The van der Waals surface area contributed by atoms with Gasteiger partial charge < -0.3 is 14.8 Å². The first-order chi connectivity index (χ1) is 15.3. The van der Waals surface area contributed by atoms with Crippen molar-refractivity contribution >= 4 is 15.9 Å². The van der Waals surface area contributed by atoms with Gasteiger partial charge in [-0.15, -0.1) is 0 Å². The van der Waals surface area contributed by atoms with E-state index in [1.807, 2.05) is 13.0 Å². The smallest absolute Gasteiger partial charge is 0.252 e. The average Bonchev–Trinajstić information content (AvgIpc) is 3.09. The molecule has 1 N–H and O–H groups in total. The number of benzene rings is 2. The summed E-state index contributed by atoms with van der Waals surface area (Å²) in [6, 6.07) is 9.78. The highest BCUT2D eigenvalue weighted by molar-refractivity contribution is 7.89. The Balaban J connectivity index is 1.86. The maximum Gasteiger partial charge on any atom is 0.252 e. The second kappa shape index (κ2) is 10.4. The monoisotopic (exact) mass is 460 g/mol. The highest BCUT2D eigenvalue weighted by Gasteiger charge is 2.27. The van der Waals surface area contributed by atoms with Crippen LogP contribution in [0.4, 0.5) is 0 Å². The zero-order valence-electron chi connectivity index (χ0n) is 19.2. The lowest BCUT2D eigenvalue weighted by atomic mass is 10.0. The van der Waals surface area contributed by atoms with Crippen molar-refractivity contribution in [2.75, 3.05) is 27.3 Å². The number of nitrogens with zero attached hydrogens (tertiary/aromatic N) is 1. The van der Waals surface area contributed by atoms with E-state index in [0.717, 1.165) is 31.2 Å². The Hall–Kier alpha value is -2.58. The third-order valence-corrected chi connectivity index (χ3v) is 7.80. The molecule has 0 unspecified atom stereocenters. The van der Waals surface area contributed by atoms with Crippen LogP contribution < -0.4 is 14.8 Å². The molecule has 0 bridgehead atoms. The Morgan fingerprint density at radius 2 is 1.69 bits per heavy atom. The second-order valence-corrected chi connectivity index (χ2v) is 10.0. The van der Waals surface area contributed by atoms with Crippen LogP contribution in [0, 0.1) is 6.92 Å². The molecule has 3 rings (SSSR count).